The quantitative estimate of drug-likeness (QED) is 0.911. The molecule has 108 valence electrons. The van der Waals surface area contributed by atoms with Crippen molar-refractivity contribution < 1.29 is 4.74 Å². The molecule has 1 saturated heterocycles. The van der Waals surface area contributed by atoms with Gasteiger partial charge in [0.1, 0.15) is 5.52 Å². The van der Waals surface area contributed by atoms with Gasteiger partial charge in [-0.15, -0.1) is 0 Å². The lowest BCUT2D eigenvalue weighted by atomic mass is 10.1. The minimum Gasteiger partial charge on any atom is -0.378 e. The molecule has 0 saturated carbocycles. The Morgan fingerprint density at radius 2 is 2.40 bits per heavy atom. The smallest absolute Gasteiger partial charge is 0.152 e. The summed E-state index contributed by atoms with van der Waals surface area (Å²) in [4.78, 5) is 4.43. The summed E-state index contributed by atoms with van der Waals surface area (Å²) in [6.45, 7) is 6.11. The maximum Gasteiger partial charge on any atom is 0.152 e. The first-order valence-corrected chi connectivity index (χ1v) is 7.44. The van der Waals surface area contributed by atoms with Crippen LogP contribution in [0.5, 0.6) is 0 Å². The van der Waals surface area contributed by atoms with E-state index in [9.17, 15) is 0 Å². The topological polar surface area (TPSA) is 51.5 Å². The Morgan fingerprint density at radius 1 is 1.50 bits per heavy atom. The van der Waals surface area contributed by atoms with Crippen molar-refractivity contribution >= 4 is 11.3 Å². The number of ether oxygens (including phenoxy) is 1. The van der Waals surface area contributed by atoms with E-state index in [0.29, 0.717) is 12.0 Å². The minimum atomic E-state index is 0.415. The molecule has 0 amide bonds. The lowest BCUT2D eigenvalue weighted by molar-refractivity contribution is 0.107. The Morgan fingerprint density at radius 3 is 3.15 bits per heavy atom. The molecule has 0 aliphatic carbocycles. The van der Waals surface area contributed by atoms with Crippen molar-refractivity contribution in [1.82, 2.24) is 14.6 Å². The molecule has 2 aromatic rings. The van der Waals surface area contributed by atoms with Crippen molar-refractivity contribution in [1.29, 1.82) is 0 Å². The van der Waals surface area contributed by atoms with Crippen LogP contribution in [0.3, 0.4) is 0 Å². The SMILES string of the molecule is CC(C)c1cc2c(NCCC3CCCO3)nccn2n1. The zero-order valence-electron chi connectivity index (χ0n) is 12.2. The van der Waals surface area contributed by atoms with Gasteiger partial charge in [0.05, 0.1) is 11.8 Å². The number of nitrogens with zero attached hydrogens (tertiary/aromatic N) is 3. The predicted octanol–water partition coefficient (Wildman–Crippen LogP) is 2.83. The number of rotatable bonds is 5. The molecule has 1 aliphatic rings. The molecule has 1 atom stereocenters. The molecule has 3 rings (SSSR count). The molecule has 1 fully saturated rings. The summed E-state index contributed by atoms with van der Waals surface area (Å²) < 4.78 is 7.54. The highest BCUT2D eigenvalue weighted by Gasteiger charge is 2.15. The highest BCUT2D eigenvalue weighted by Crippen LogP contribution is 2.20. The van der Waals surface area contributed by atoms with Crippen molar-refractivity contribution in [3.8, 4) is 0 Å². The number of anilines is 1. The van der Waals surface area contributed by atoms with E-state index in [2.05, 4.69) is 35.3 Å². The third kappa shape index (κ3) is 2.77. The van der Waals surface area contributed by atoms with Crippen molar-refractivity contribution in [2.24, 2.45) is 0 Å². The number of nitrogens with one attached hydrogen (secondary N) is 1. The van der Waals surface area contributed by atoms with E-state index in [0.717, 1.165) is 36.6 Å². The first-order chi connectivity index (χ1) is 9.74. The maximum absolute atomic E-state index is 5.64. The number of hydrogen-bond acceptors (Lipinski definition) is 4. The Balaban J connectivity index is 1.70. The van der Waals surface area contributed by atoms with E-state index >= 15 is 0 Å². The largest absolute Gasteiger partial charge is 0.378 e. The van der Waals surface area contributed by atoms with Gasteiger partial charge in [0.2, 0.25) is 0 Å². The van der Waals surface area contributed by atoms with Crippen molar-refractivity contribution in [3.05, 3.63) is 24.2 Å². The molecule has 20 heavy (non-hydrogen) atoms. The summed E-state index contributed by atoms with van der Waals surface area (Å²) in [5, 5.41) is 7.99. The van der Waals surface area contributed by atoms with E-state index in [1.807, 2.05) is 10.7 Å². The Kier molecular flexibility index (Phi) is 3.87. The zero-order chi connectivity index (χ0) is 13.9. The van der Waals surface area contributed by atoms with Gasteiger partial charge in [-0.3, -0.25) is 0 Å². The number of hydrogen-bond donors (Lipinski definition) is 1. The summed E-state index contributed by atoms with van der Waals surface area (Å²) in [5.74, 6) is 1.33. The van der Waals surface area contributed by atoms with Gasteiger partial charge in [-0.25, -0.2) is 9.50 Å². The van der Waals surface area contributed by atoms with Crippen LogP contribution in [0.25, 0.3) is 5.52 Å². The Labute approximate surface area is 119 Å². The highest BCUT2D eigenvalue weighted by atomic mass is 16.5. The molecular formula is C15H22N4O. The minimum absolute atomic E-state index is 0.415. The monoisotopic (exact) mass is 274 g/mol. The molecule has 1 aliphatic heterocycles. The fourth-order valence-corrected chi connectivity index (χ4v) is 2.58. The second-order valence-electron chi connectivity index (χ2n) is 5.68. The lowest BCUT2D eigenvalue weighted by Gasteiger charge is -2.10. The summed E-state index contributed by atoms with van der Waals surface area (Å²) in [6, 6.07) is 2.12. The van der Waals surface area contributed by atoms with E-state index in [4.69, 9.17) is 4.74 Å². The molecule has 0 spiro atoms. The summed E-state index contributed by atoms with van der Waals surface area (Å²) in [7, 11) is 0. The van der Waals surface area contributed by atoms with Crippen LogP contribution in [0.2, 0.25) is 0 Å². The van der Waals surface area contributed by atoms with Crippen LogP contribution in [0, 0.1) is 0 Å². The van der Waals surface area contributed by atoms with Crippen LogP contribution in [0.1, 0.15) is 44.7 Å². The fraction of sp³-hybridized carbons (Fsp3) is 0.600. The first kappa shape index (κ1) is 13.4. The fourth-order valence-electron chi connectivity index (χ4n) is 2.58. The van der Waals surface area contributed by atoms with Crippen molar-refractivity contribution in [2.75, 3.05) is 18.5 Å². The summed E-state index contributed by atoms with van der Waals surface area (Å²) in [5.41, 5.74) is 2.14. The Hall–Kier alpha value is -1.62. The van der Waals surface area contributed by atoms with Gasteiger partial charge in [0.25, 0.3) is 0 Å². The predicted molar refractivity (Wildman–Crippen MR) is 79.2 cm³/mol. The van der Waals surface area contributed by atoms with Crippen LogP contribution in [0.15, 0.2) is 18.5 Å². The van der Waals surface area contributed by atoms with Crippen LogP contribution < -0.4 is 5.32 Å². The average Bonchev–Trinajstić information content (AvgIpc) is 3.07. The van der Waals surface area contributed by atoms with Crippen LogP contribution in [-0.2, 0) is 4.74 Å². The molecule has 5 heteroatoms. The average molecular weight is 274 g/mol. The molecule has 0 bridgehead atoms. The van der Waals surface area contributed by atoms with Gasteiger partial charge in [-0.1, -0.05) is 13.8 Å². The normalized spacial score (nSPS) is 19.1. The standard InChI is InChI=1S/C15H22N4O/c1-11(2)13-10-14-15(17-7-8-19(14)18-13)16-6-5-12-4-3-9-20-12/h7-8,10-12H,3-6,9H2,1-2H3,(H,16,17). The van der Waals surface area contributed by atoms with Crippen LogP contribution >= 0.6 is 0 Å². The number of fused-ring (bicyclic) bond motifs is 1. The molecule has 5 nitrogen and oxygen atoms in total. The van der Waals surface area contributed by atoms with Gasteiger partial charge in [0, 0.05) is 25.5 Å². The van der Waals surface area contributed by atoms with Gasteiger partial charge in [-0.2, -0.15) is 5.10 Å². The van der Waals surface area contributed by atoms with Crippen molar-refractivity contribution in [3.63, 3.8) is 0 Å². The second-order valence-corrected chi connectivity index (χ2v) is 5.68. The van der Waals surface area contributed by atoms with Gasteiger partial charge >= 0.3 is 0 Å². The van der Waals surface area contributed by atoms with Gasteiger partial charge in [-0.05, 0) is 31.2 Å². The van der Waals surface area contributed by atoms with Gasteiger partial charge < -0.3 is 10.1 Å². The molecule has 1 unspecified atom stereocenters. The molecule has 3 heterocycles. The van der Waals surface area contributed by atoms with E-state index in [-0.39, 0.29) is 0 Å². The molecule has 0 aromatic carbocycles. The molecule has 2 aromatic heterocycles. The lowest BCUT2D eigenvalue weighted by Crippen LogP contribution is -2.13. The van der Waals surface area contributed by atoms with Crippen molar-refractivity contribution in [2.45, 2.75) is 45.1 Å². The third-order valence-corrected chi connectivity index (χ3v) is 3.78. The number of aromatic nitrogens is 3. The highest BCUT2D eigenvalue weighted by molar-refractivity contribution is 5.67. The van der Waals surface area contributed by atoms with Gasteiger partial charge in [0.15, 0.2) is 5.82 Å². The maximum atomic E-state index is 5.64. The van der Waals surface area contributed by atoms with Crippen LogP contribution in [-0.4, -0.2) is 33.9 Å². The van der Waals surface area contributed by atoms with E-state index in [1.54, 1.807) is 6.20 Å². The third-order valence-electron chi connectivity index (χ3n) is 3.78. The zero-order valence-corrected chi connectivity index (χ0v) is 12.2. The summed E-state index contributed by atoms with van der Waals surface area (Å²) >= 11 is 0. The summed E-state index contributed by atoms with van der Waals surface area (Å²) in [6.07, 6.45) is 7.51. The second kappa shape index (κ2) is 5.79. The van der Waals surface area contributed by atoms with E-state index in [1.165, 1.54) is 12.8 Å². The molecular weight excluding hydrogens is 252 g/mol. The Bertz CT molecular complexity index is 572. The molecule has 1 N–H and O–H groups in total. The molecule has 0 radical (unpaired) electrons. The van der Waals surface area contributed by atoms with Crippen LogP contribution in [0.4, 0.5) is 5.82 Å². The van der Waals surface area contributed by atoms with E-state index < -0.39 is 0 Å². The first-order valence-electron chi connectivity index (χ1n) is 7.44.